The third kappa shape index (κ3) is 3.18. The van der Waals surface area contributed by atoms with Gasteiger partial charge < -0.3 is 9.26 Å². The number of nitrogens with zero attached hydrogens (tertiary/aromatic N) is 3. The molecule has 0 N–H and O–H groups in total. The second-order valence-corrected chi connectivity index (χ2v) is 6.01. The van der Waals surface area contributed by atoms with Crippen LogP contribution in [0.4, 0.5) is 5.69 Å². The van der Waals surface area contributed by atoms with Crippen LogP contribution in [0, 0.1) is 17.0 Å². The standard InChI is InChI=1S/C20H13N3O5/c1-12-17(18(22-28-12)14-5-3-2-4-6-14)19-21-16(20(24)27-19)11-13-7-9-15(10-8-13)23(25)26/h2-11H,1H3/b16-11-. The smallest absolute Gasteiger partial charge is 0.363 e. The maximum absolute atomic E-state index is 12.3. The minimum absolute atomic E-state index is 0.0343. The van der Waals surface area contributed by atoms with Gasteiger partial charge in [-0.2, -0.15) is 0 Å². The topological polar surface area (TPSA) is 108 Å². The lowest BCUT2D eigenvalue weighted by molar-refractivity contribution is -0.384. The molecule has 0 saturated carbocycles. The van der Waals surface area contributed by atoms with Gasteiger partial charge in [0.05, 0.1) is 4.92 Å². The van der Waals surface area contributed by atoms with Crippen molar-refractivity contribution in [3.8, 4) is 11.3 Å². The first-order valence-corrected chi connectivity index (χ1v) is 8.32. The van der Waals surface area contributed by atoms with Crippen LogP contribution in [0.25, 0.3) is 17.3 Å². The van der Waals surface area contributed by atoms with Crippen molar-refractivity contribution < 1.29 is 19.0 Å². The molecule has 0 saturated heterocycles. The number of aromatic nitrogens is 1. The number of cyclic esters (lactones) is 1. The molecule has 0 amide bonds. The monoisotopic (exact) mass is 375 g/mol. The molecule has 8 heteroatoms. The molecule has 4 rings (SSSR count). The molecule has 28 heavy (non-hydrogen) atoms. The molecule has 2 aromatic carbocycles. The van der Waals surface area contributed by atoms with Crippen LogP contribution in [-0.4, -0.2) is 21.9 Å². The molecule has 0 atom stereocenters. The summed E-state index contributed by atoms with van der Waals surface area (Å²) in [5.41, 5.74) is 2.48. The first-order chi connectivity index (χ1) is 13.5. The molecule has 1 aromatic heterocycles. The normalized spacial score (nSPS) is 14.8. The van der Waals surface area contributed by atoms with Crippen LogP contribution in [-0.2, 0) is 9.53 Å². The minimum atomic E-state index is -0.618. The molecule has 0 radical (unpaired) electrons. The lowest BCUT2D eigenvalue weighted by Gasteiger charge is -2.01. The SMILES string of the molecule is Cc1onc(-c2ccccc2)c1C1=N/C(=C\c2ccc([N+](=O)[O-])cc2)C(=O)O1. The summed E-state index contributed by atoms with van der Waals surface area (Å²) in [6.07, 6.45) is 1.50. The Balaban J connectivity index is 1.71. The summed E-state index contributed by atoms with van der Waals surface area (Å²) in [6, 6.07) is 15.1. The van der Waals surface area contributed by atoms with E-state index in [4.69, 9.17) is 9.26 Å². The summed E-state index contributed by atoms with van der Waals surface area (Å²) in [6.45, 7) is 1.71. The summed E-state index contributed by atoms with van der Waals surface area (Å²) in [5.74, 6) is -0.0364. The highest BCUT2D eigenvalue weighted by atomic mass is 16.6. The third-order valence-corrected chi connectivity index (χ3v) is 4.15. The van der Waals surface area contributed by atoms with Gasteiger partial charge in [-0.1, -0.05) is 35.5 Å². The largest absolute Gasteiger partial charge is 0.402 e. The van der Waals surface area contributed by atoms with Gasteiger partial charge in [0.25, 0.3) is 5.69 Å². The Morgan fingerprint density at radius 3 is 2.46 bits per heavy atom. The number of rotatable bonds is 4. The van der Waals surface area contributed by atoms with E-state index >= 15 is 0 Å². The lowest BCUT2D eigenvalue weighted by Crippen LogP contribution is -2.07. The number of aliphatic imine (C=N–C) groups is 1. The van der Waals surface area contributed by atoms with E-state index in [2.05, 4.69) is 10.1 Å². The molecule has 3 aromatic rings. The molecule has 0 aliphatic carbocycles. The predicted octanol–water partition coefficient (Wildman–Crippen LogP) is 3.90. The molecule has 0 unspecified atom stereocenters. The van der Waals surface area contributed by atoms with E-state index in [9.17, 15) is 14.9 Å². The van der Waals surface area contributed by atoms with E-state index in [0.29, 0.717) is 22.6 Å². The fourth-order valence-corrected chi connectivity index (χ4v) is 2.78. The molecule has 0 fully saturated rings. The third-order valence-electron chi connectivity index (χ3n) is 4.15. The number of hydrogen-bond acceptors (Lipinski definition) is 7. The van der Waals surface area contributed by atoms with Crippen LogP contribution in [0.3, 0.4) is 0 Å². The molecule has 8 nitrogen and oxygen atoms in total. The van der Waals surface area contributed by atoms with Gasteiger partial charge in [-0.3, -0.25) is 10.1 Å². The highest BCUT2D eigenvalue weighted by Crippen LogP contribution is 2.29. The van der Waals surface area contributed by atoms with Crippen molar-refractivity contribution in [2.24, 2.45) is 4.99 Å². The fraction of sp³-hybridized carbons (Fsp3) is 0.0500. The highest BCUT2D eigenvalue weighted by Gasteiger charge is 2.30. The van der Waals surface area contributed by atoms with Crippen LogP contribution < -0.4 is 0 Å². The van der Waals surface area contributed by atoms with E-state index in [1.807, 2.05) is 30.3 Å². The quantitative estimate of drug-likeness (QED) is 0.296. The Hall–Kier alpha value is -4.07. The van der Waals surface area contributed by atoms with Crippen molar-refractivity contribution in [3.63, 3.8) is 0 Å². The van der Waals surface area contributed by atoms with Crippen molar-refractivity contribution in [2.75, 3.05) is 0 Å². The van der Waals surface area contributed by atoms with Gasteiger partial charge in [-0.05, 0) is 30.7 Å². The lowest BCUT2D eigenvalue weighted by atomic mass is 10.1. The van der Waals surface area contributed by atoms with Gasteiger partial charge in [-0.25, -0.2) is 9.79 Å². The number of carbonyl (C=O) groups excluding carboxylic acids is 1. The highest BCUT2D eigenvalue weighted by molar-refractivity contribution is 6.15. The van der Waals surface area contributed by atoms with Gasteiger partial charge in [-0.15, -0.1) is 0 Å². The van der Waals surface area contributed by atoms with Crippen LogP contribution in [0.2, 0.25) is 0 Å². The van der Waals surface area contributed by atoms with Gasteiger partial charge >= 0.3 is 5.97 Å². The van der Waals surface area contributed by atoms with Crippen LogP contribution >= 0.6 is 0 Å². The van der Waals surface area contributed by atoms with E-state index in [0.717, 1.165) is 5.56 Å². The Kier molecular flexibility index (Phi) is 4.29. The van der Waals surface area contributed by atoms with E-state index < -0.39 is 10.9 Å². The minimum Gasteiger partial charge on any atom is -0.402 e. The number of benzene rings is 2. The van der Waals surface area contributed by atoms with E-state index in [1.165, 1.54) is 30.3 Å². The Bertz CT molecular complexity index is 1130. The second-order valence-electron chi connectivity index (χ2n) is 6.01. The van der Waals surface area contributed by atoms with Crippen molar-refractivity contribution in [1.82, 2.24) is 5.16 Å². The van der Waals surface area contributed by atoms with Gasteiger partial charge in [0.1, 0.15) is 17.0 Å². The Labute approximate surface area is 158 Å². The number of nitro groups is 1. The molecule has 0 bridgehead atoms. The van der Waals surface area contributed by atoms with Crippen molar-refractivity contribution in [3.05, 3.63) is 87.3 Å². The molecule has 138 valence electrons. The average molecular weight is 375 g/mol. The van der Waals surface area contributed by atoms with Gasteiger partial charge in [0, 0.05) is 17.7 Å². The Morgan fingerprint density at radius 1 is 1.07 bits per heavy atom. The zero-order valence-corrected chi connectivity index (χ0v) is 14.7. The Morgan fingerprint density at radius 2 is 1.79 bits per heavy atom. The summed E-state index contributed by atoms with van der Waals surface area (Å²) in [5, 5.41) is 14.8. The predicted molar refractivity (Wildman–Crippen MR) is 100 cm³/mol. The van der Waals surface area contributed by atoms with Crippen molar-refractivity contribution in [2.45, 2.75) is 6.92 Å². The number of hydrogen-bond donors (Lipinski definition) is 0. The molecule has 2 heterocycles. The summed E-state index contributed by atoms with van der Waals surface area (Å²) < 4.78 is 10.6. The molecule has 0 spiro atoms. The number of esters is 1. The van der Waals surface area contributed by atoms with E-state index in [-0.39, 0.29) is 17.3 Å². The summed E-state index contributed by atoms with van der Waals surface area (Å²) in [4.78, 5) is 26.8. The number of non-ortho nitro benzene ring substituents is 1. The van der Waals surface area contributed by atoms with Gasteiger partial charge in [0.15, 0.2) is 5.70 Å². The van der Waals surface area contributed by atoms with Crippen molar-refractivity contribution in [1.29, 1.82) is 0 Å². The summed E-state index contributed by atoms with van der Waals surface area (Å²) in [7, 11) is 0. The molecular formula is C20H13N3O5. The first-order valence-electron chi connectivity index (χ1n) is 8.32. The number of aryl methyl sites for hydroxylation is 1. The maximum atomic E-state index is 12.3. The van der Waals surface area contributed by atoms with Crippen LogP contribution in [0.15, 0.2) is 69.8 Å². The number of nitro benzene ring substituents is 1. The molecule has 1 aliphatic rings. The first kappa shape index (κ1) is 17.3. The van der Waals surface area contributed by atoms with Gasteiger partial charge in [0.2, 0.25) is 5.90 Å². The zero-order valence-electron chi connectivity index (χ0n) is 14.7. The second kappa shape index (κ2) is 6.92. The average Bonchev–Trinajstić information content (AvgIpc) is 3.25. The fourth-order valence-electron chi connectivity index (χ4n) is 2.78. The van der Waals surface area contributed by atoms with Crippen LogP contribution in [0.1, 0.15) is 16.9 Å². The zero-order chi connectivity index (χ0) is 19.7. The molecule has 1 aliphatic heterocycles. The van der Waals surface area contributed by atoms with Crippen molar-refractivity contribution >= 4 is 23.6 Å². The number of carbonyl (C=O) groups is 1. The maximum Gasteiger partial charge on any atom is 0.363 e. The van der Waals surface area contributed by atoms with E-state index in [1.54, 1.807) is 6.92 Å². The number of ether oxygens (including phenoxy) is 1. The molecular weight excluding hydrogens is 362 g/mol. The van der Waals surface area contributed by atoms with Crippen LogP contribution in [0.5, 0.6) is 0 Å². The summed E-state index contributed by atoms with van der Waals surface area (Å²) >= 11 is 0.